The van der Waals surface area contributed by atoms with Crippen LogP contribution in [0.3, 0.4) is 0 Å². The number of halogens is 1. The molecule has 0 heterocycles. The van der Waals surface area contributed by atoms with E-state index in [4.69, 9.17) is 16.3 Å². The average Bonchev–Trinajstić information content (AvgIpc) is 2.80. The van der Waals surface area contributed by atoms with Crippen LogP contribution in [-0.4, -0.2) is 18.4 Å². The highest BCUT2D eigenvalue weighted by atomic mass is 35.5. The molecule has 0 spiro atoms. The lowest BCUT2D eigenvalue weighted by Crippen LogP contribution is -2.31. The van der Waals surface area contributed by atoms with Gasteiger partial charge in [-0.25, -0.2) is 0 Å². The summed E-state index contributed by atoms with van der Waals surface area (Å²) in [7, 11) is 0. The third-order valence-corrected chi connectivity index (χ3v) is 5.26. The van der Waals surface area contributed by atoms with E-state index in [1.54, 1.807) is 30.3 Å². The number of rotatable bonds is 10. The van der Waals surface area contributed by atoms with E-state index in [0.717, 1.165) is 18.4 Å². The molecular formula is C26H27ClN2O3. The highest BCUT2D eigenvalue weighted by molar-refractivity contribution is 6.33. The van der Waals surface area contributed by atoms with Crippen LogP contribution in [0.15, 0.2) is 78.9 Å². The molecule has 166 valence electrons. The van der Waals surface area contributed by atoms with Crippen LogP contribution in [-0.2, 0) is 4.79 Å². The summed E-state index contributed by atoms with van der Waals surface area (Å²) >= 11 is 6.18. The quantitative estimate of drug-likeness (QED) is 0.371. The molecule has 3 aromatic carbocycles. The zero-order chi connectivity index (χ0) is 22.8. The van der Waals surface area contributed by atoms with Gasteiger partial charge >= 0.3 is 0 Å². The molecule has 0 aliphatic heterocycles. The van der Waals surface area contributed by atoms with Crippen molar-refractivity contribution in [2.45, 2.75) is 32.2 Å². The summed E-state index contributed by atoms with van der Waals surface area (Å²) in [5.74, 6) is 0.0658. The number of ether oxygens (including phenoxy) is 1. The minimum atomic E-state index is -0.520. The second-order valence-electron chi connectivity index (χ2n) is 7.37. The fraction of sp³-hybridized carbons (Fsp3) is 0.231. The Hall–Kier alpha value is -3.31. The molecule has 0 aliphatic carbocycles. The van der Waals surface area contributed by atoms with Crippen LogP contribution in [0.2, 0.25) is 5.02 Å². The second kappa shape index (κ2) is 11.9. The van der Waals surface area contributed by atoms with Gasteiger partial charge in [-0.15, -0.1) is 0 Å². The molecule has 3 aromatic rings. The van der Waals surface area contributed by atoms with Crippen LogP contribution < -0.4 is 15.4 Å². The van der Waals surface area contributed by atoms with Gasteiger partial charge in [-0.1, -0.05) is 79.5 Å². The number of unbranched alkanes of at least 4 members (excludes halogenated alkanes) is 1. The predicted molar refractivity (Wildman–Crippen MR) is 128 cm³/mol. The summed E-state index contributed by atoms with van der Waals surface area (Å²) < 4.78 is 5.80. The Labute approximate surface area is 193 Å². The molecule has 0 saturated carbocycles. The van der Waals surface area contributed by atoms with E-state index in [9.17, 15) is 9.59 Å². The first-order valence-electron chi connectivity index (χ1n) is 10.7. The first-order chi connectivity index (χ1) is 15.6. The molecule has 2 N–H and O–H groups in total. The standard InChI is InChI=1S/C26H27ClN2O3/c1-2-3-17-32-24-16-10-9-15-22(24)28-25(30)18-23(19-11-5-4-6-12-19)29-26(31)20-13-7-8-14-21(20)27/h4-16,23H,2-3,17-18H2,1H3,(H,28,30)(H,29,31). The molecule has 0 radical (unpaired) electrons. The highest BCUT2D eigenvalue weighted by Crippen LogP contribution is 2.26. The summed E-state index contributed by atoms with van der Waals surface area (Å²) in [5.41, 5.74) is 1.80. The Balaban J connectivity index is 1.74. The fourth-order valence-corrected chi connectivity index (χ4v) is 3.45. The number of hydrogen-bond acceptors (Lipinski definition) is 3. The van der Waals surface area contributed by atoms with E-state index in [-0.39, 0.29) is 18.2 Å². The van der Waals surface area contributed by atoms with Gasteiger partial charge in [0.25, 0.3) is 5.91 Å². The number of hydrogen-bond donors (Lipinski definition) is 2. The summed E-state index contributed by atoms with van der Waals surface area (Å²) in [5, 5.41) is 6.23. The summed E-state index contributed by atoms with van der Waals surface area (Å²) in [6.07, 6.45) is 2.02. The van der Waals surface area contributed by atoms with Crippen molar-refractivity contribution in [1.29, 1.82) is 0 Å². The van der Waals surface area contributed by atoms with Crippen LogP contribution in [0, 0.1) is 0 Å². The van der Waals surface area contributed by atoms with Crippen LogP contribution in [0.25, 0.3) is 0 Å². The van der Waals surface area contributed by atoms with Gasteiger partial charge in [0.2, 0.25) is 5.91 Å². The second-order valence-corrected chi connectivity index (χ2v) is 7.77. The molecule has 1 unspecified atom stereocenters. The molecule has 1 atom stereocenters. The Bertz CT molecular complexity index is 1040. The number of carbonyl (C=O) groups is 2. The van der Waals surface area contributed by atoms with Gasteiger partial charge in [-0.05, 0) is 36.2 Å². The Morgan fingerprint density at radius 1 is 0.938 bits per heavy atom. The summed E-state index contributed by atoms with van der Waals surface area (Å²) in [6.45, 7) is 2.68. The van der Waals surface area contributed by atoms with Gasteiger partial charge in [-0.3, -0.25) is 9.59 Å². The lowest BCUT2D eigenvalue weighted by Gasteiger charge is -2.20. The van der Waals surface area contributed by atoms with Gasteiger partial charge in [0.05, 0.1) is 35.3 Å². The first-order valence-corrected chi connectivity index (χ1v) is 11.1. The third-order valence-electron chi connectivity index (χ3n) is 4.93. The van der Waals surface area contributed by atoms with Crippen LogP contribution >= 0.6 is 11.6 Å². The number of benzene rings is 3. The third kappa shape index (κ3) is 6.59. The molecule has 6 heteroatoms. The van der Waals surface area contributed by atoms with Gasteiger partial charge in [0.15, 0.2) is 0 Å². The molecule has 5 nitrogen and oxygen atoms in total. The monoisotopic (exact) mass is 450 g/mol. The van der Waals surface area contributed by atoms with Crippen molar-refractivity contribution in [2.24, 2.45) is 0 Å². The topological polar surface area (TPSA) is 67.4 Å². The Kier molecular flexibility index (Phi) is 8.70. The number of nitrogens with one attached hydrogen (secondary N) is 2. The van der Waals surface area contributed by atoms with Crippen molar-refractivity contribution in [3.05, 3.63) is 95.0 Å². The molecule has 0 aliphatic rings. The summed E-state index contributed by atoms with van der Waals surface area (Å²) in [4.78, 5) is 25.8. The first kappa shape index (κ1) is 23.4. The van der Waals surface area contributed by atoms with Crippen LogP contribution in [0.4, 0.5) is 5.69 Å². The maximum absolute atomic E-state index is 12.9. The normalized spacial score (nSPS) is 11.4. The van der Waals surface area contributed by atoms with Crippen molar-refractivity contribution in [1.82, 2.24) is 5.32 Å². The number of para-hydroxylation sites is 2. The maximum Gasteiger partial charge on any atom is 0.253 e. The van der Waals surface area contributed by atoms with E-state index >= 15 is 0 Å². The Morgan fingerprint density at radius 2 is 1.62 bits per heavy atom. The van der Waals surface area contributed by atoms with E-state index in [1.165, 1.54) is 0 Å². The SMILES string of the molecule is CCCCOc1ccccc1NC(=O)CC(NC(=O)c1ccccc1Cl)c1ccccc1. The van der Waals surface area contributed by atoms with E-state index in [2.05, 4.69) is 17.6 Å². The molecule has 0 saturated heterocycles. The zero-order valence-corrected chi connectivity index (χ0v) is 18.8. The van der Waals surface area contributed by atoms with E-state index < -0.39 is 6.04 Å². The molecular weight excluding hydrogens is 424 g/mol. The van der Waals surface area contributed by atoms with Gasteiger partial charge in [0, 0.05) is 0 Å². The van der Waals surface area contributed by atoms with E-state index in [1.807, 2.05) is 48.5 Å². The largest absolute Gasteiger partial charge is 0.491 e. The highest BCUT2D eigenvalue weighted by Gasteiger charge is 2.21. The number of carbonyl (C=O) groups excluding carboxylic acids is 2. The molecule has 3 rings (SSSR count). The minimum absolute atomic E-state index is 0.0590. The summed E-state index contributed by atoms with van der Waals surface area (Å²) in [6, 6.07) is 23.1. The van der Waals surface area contributed by atoms with Crippen molar-refractivity contribution in [3.8, 4) is 5.75 Å². The smallest absolute Gasteiger partial charge is 0.253 e. The average molecular weight is 451 g/mol. The van der Waals surface area contributed by atoms with Crippen molar-refractivity contribution in [3.63, 3.8) is 0 Å². The van der Waals surface area contributed by atoms with Crippen LogP contribution in [0.5, 0.6) is 5.75 Å². The fourth-order valence-electron chi connectivity index (χ4n) is 3.23. The minimum Gasteiger partial charge on any atom is -0.491 e. The van der Waals surface area contributed by atoms with Crippen molar-refractivity contribution >= 4 is 29.1 Å². The van der Waals surface area contributed by atoms with Crippen LogP contribution in [0.1, 0.15) is 48.1 Å². The molecule has 0 aromatic heterocycles. The number of amides is 2. The van der Waals surface area contributed by atoms with Crippen molar-refractivity contribution < 1.29 is 14.3 Å². The lowest BCUT2D eigenvalue weighted by atomic mass is 10.0. The zero-order valence-electron chi connectivity index (χ0n) is 18.0. The van der Waals surface area contributed by atoms with Crippen molar-refractivity contribution in [2.75, 3.05) is 11.9 Å². The molecule has 32 heavy (non-hydrogen) atoms. The van der Waals surface area contributed by atoms with Gasteiger partial charge in [0.1, 0.15) is 5.75 Å². The predicted octanol–water partition coefficient (Wildman–Crippen LogP) is 6.02. The lowest BCUT2D eigenvalue weighted by molar-refractivity contribution is -0.116. The van der Waals surface area contributed by atoms with E-state index in [0.29, 0.717) is 28.6 Å². The molecule has 0 bridgehead atoms. The maximum atomic E-state index is 12.9. The molecule has 0 fully saturated rings. The number of anilines is 1. The molecule has 2 amide bonds. The van der Waals surface area contributed by atoms with Gasteiger partial charge < -0.3 is 15.4 Å². The van der Waals surface area contributed by atoms with Gasteiger partial charge in [-0.2, -0.15) is 0 Å². The Morgan fingerprint density at radius 3 is 2.38 bits per heavy atom.